The van der Waals surface area contributed by atoms with Gasteiger partial charge in [-0.3, -0.25) is 14.3 Å². The molecule has 0 spiro atoms. The fourth-order valence-electron chi connectivity index (χ4n) is 2.75. The lowest BCUT2D eigenvalue weighted by atomic mass is 10.2. The standard InChI is InChI=1S/C19H28N4O3/c1-14(2)23(11-12-26-17-7-5-15(20)6-8-17)10-9-16-13-18(24)22(4)19(25)21(16)3/h5-8,13-14H,9-12,20H2,1-4H3. The molecule has 0 radical (unpaired) electrons. The fourth-order valence-corrected chi connectivity index (χ4v) is 2.75. The fraction of sp³-hybridized carbons (Fsp3) is 0.474. The summed E-state index contributed by atoms with van der Waals surface area (Å²) in [7, 11) is 3.18. The second-order valence-electron chi connectivity index (χ2n) is 6.67. The molecule has 0 amide bonds. The van der Waals surface area contributed by atoms with Crippen molar-refractivity contribution in [1.29, 1.82) is 0 Å². The molecule has 7 nitrogen and oxygen atoms in total. The Morgan fingerprint density at radius 1 is 1.08 bits per heavy atom. The summed E-state index contributed by atoms with van der Waals surface area (Å²) in [5.74, 6) is 0.789. The van der Waals surface area contributed by atoms with Crippen molar-refractivity contribution in [2.24, 2.45) is 14.1 Å². The monoisotopic (exact) mass is 360 g/mol. The molecule has 26 heavy (non-hydrogen) atoms. The maximum Gasteiger partial charge on any atom is 0.330 e. The molecule has 2 N–H and O–H groups in total. The van der Waals surface area contributed by atoms with E-state index in [0.717, 1.165) is 29.1 Å². The van der Waals surface area contributed by atoms with Crippen LogP contribution < -0.4 is 21.7 Å². The van der Waals surface area contributed by atoms with Gasteiger partial charge in [-0.15, -0.1) is 0 Å². The van der Waals surface area contributed by atoms with Crippen LogP contribution in [0.1, 0.15) is 19.5 Å². The normalized spacial score (nSPS) is 11.3. The Hall–Kier alpha value is -2.54. The van der Waals surface area contributed by atoms with E-state index in [9.17, 15) is 9.59 Å². The van der Waals surface area contributed by atoms with E-state index >= 15 is 0 Å². The van der Waals surface area contributed by atoms with Crippen molar-refractivity contribution in [3.05, 3.63) is 56.9 Å². The molecule has 0 aliphatic heterocycles. The Morgan fingerprint density at radius 3 is 2.35 bits per heavy atom. The molecule has 0 saturated carbocycles. The zero-order valence-electron chi connectivity index (χ0n) is 15.9. The van der Waals surface area contributed by atoms with E-state index in [-0.39, 0.29) is 11.2 Å². The molecule has 142 valence electrons. The Bertz CT molecular complexity index is 837. The van der Waals surface area contributed by atoms with E-state index in [1.165, 1.54) is 17.7 Å². The molecule has 1 aromatic carbocycles. The number of hydrogen-bond acceptors (Lipinski definition) is 5. The number of nitrogens with zero attached hydrogens (tertiary/aromatic N) is 3. The number of nitrogen functional groups attached to an aromatic ring is 1. The molecule has 2 aromatic rings. The van der Waals surface area contributed by atoms with Crippen LogP contribution in [0, 0.1) is 0 Å². The third kappa shape index (κ3) is 4.98. The Balaban J connectivity index is 1.95. The predicted molar refractivity (Wildman–Crippen MR) is 104 cm³/mol. The van der Waals surface area contributed by atoms with Crippen molar-refractivity contribution in [3.8, 4) is 5.75 Å². The summed E-state index contributed by atoms with van der Waals surface area (Å²) < 4.78 is 8.41. The summed E-state index contributed by atoms with van der Waals surface area (Å²) in [5, 5.41) is 0. The maximum absolute atomic E-state index is 12.0. The molecule has 0 saturated heterocycles. The molecule has 2 rings (SSSR count). The summed E-state index contributed by atoms with van der Waals surface area (Å²) in [5.41, 5.74) is 6.55. The van der Waals surface area contributed by atoms with E-state index in [4.69, 9.17) is 10.5 Å². The van der Waals surface area contributed by atoms with E-state index in [0.29, 0.717) is 24.8 Å². The smallest absolute Gasteiger partial charge is 0.330 e. The lowest BCUT2D eigenvalue weighted by molar-refractivity contribution is 0.177. The van der Waals surface area contributed by atoms with Gasteiger partial charge in [-0.25, -0.2) is 4.79 Å². The number of aromatic nitrogens is 2. The highest BCUT2D eigenvalue weighted by molar-refractivity contribution is 5.41. The third-order valence-electron chi connectivity index (χ3n) is 4.54. The van der Waals surface area contributed by atoms with Crippen molar-refractivity contribution < 1.29 is 4.74 Å². The zero-order valence-corrected chi connectivity index (χ0v) is 15.9. The van der Waals surface area contributed by atoms with E-state index in [1.54, 1.807) is 7.05 Å². The van der Waals surface area contributed by atoms with Crippen LogP contribution in [0.3, 0.4) is 0 Å². The number of hydrogen-bond donors (Lipinski definition) is 1. The van der Waals surface area contributed by atoms with Gasteiger partial charge in [-0.05, 0) is 38.1 Å². The van der Waals surface area contributed by atoms with Crippen molar-refractivity contribution in [2.45, 2.75) is 26.3 Å². The van der Waals surface area contributed by atoms with Gasteiger partial charge >= 0.3 is 5.69 Å². The van der Waals surface area contributed by atoms with Gasteiger partial charge in [-0.2, -0.15) is 0 Å². The number of ether oxygens (including phenoxy) is 1. The van der Waals surface area contributed by atoms with Gasteiger partial charge in [-0.1, -0.05) is 0 Å². The van der Waals surface area contributed by atoms with Crippen LogP contribution in [0.15, 0.2) is 39.9 Å². The first-order valence-corrected chi connectivity index (χ1v) is 8.78. The maximum atomic E-state index is 12.0. The van der Waals surface area contributed by atoms with Crippen LogP contribution >= 0.6 is 0 Å². The van der Waals surface area contributed by atoms with Crippen LogP contribution in [0.5, 0.6) is 5.75 Å². The number of anilines is 1. The molecular formula is C19H28N4O3. The molecule has 0 fully saturated rings. The molecule has 7 heteroatoms. The second kappa shape index (κ2) is 8.71. The van der Waals surface area contributed by atoms with Gasteiger partial charge in [0.15, 0.2) is 0 Å². The molecule has 0 bridgehead atoms. The van der Waals surface area contributed by atoms with E-state index in [1.807, 2.05) is 24.3 Å². The minimum absolute atomic E-state index is 0.272. The Morgan fingerprint density at radius 2 is 1.73 bits per heavy atom. The summed E-state index contributed by atoms with van der Waals surface area (Å²) in [4.78, 5) is 26.1. The highest BCUT2D eigenvalue weighted by Gasteiger charge is 2.12. The molecule has 0 atom stereocenters. The van der Waals surface area contributed by atoms with Gasteiger partial charge < -0.3 is 15.0 Å². The van der Waals surface area contributed by atoms with Crippen molar-refractivity contribution in [2.75, 3.05) is 25.4 Å². The van der Waals surface area contributed by atoms with Crippen molar-refractivity contribution in [3.63, 3.8) is 0 Å². The summed E-state index contributed by atoms with van der Waals surface area (Å²) in [6.07, 6.45) is 0.627. The second-order valence-corrected chi connectivity index (χ2v) is 6.67. The summed E-state index contributed by atoms with van der Waals surface area (Å²) in [6.45, 7) is 6.28. The highest BCUT2D eigenvalue weighted by Crippen LogP contribution is 2.13. The lowest BCUT2D eigenvalue weighted by Gasteiger charge is -2.26. The van der Waals surface area contributed by atoms with E-state index in [2.05, 4.69) is 18.7 Å². The molecule has 1 heterocycles. The Kier molecular flexibility index (Phi) is 6.63. The Labute approximate surface area is 153 Å². The van der Waals surface area contributed by atoms with Crippen LogP contribution in [0.2, 0.25) is 0 Å². The molecule has 0 unspecified atom stereocenters. The largest absolute Gasteiger partial charge is 0.492 e. The van der Waals surface area contributed by atoms with Gasteiger partial charge in [0.05, 0.1) is 0 Å². The topological polar surface area (TPSA) is 82.5 Å². The van der Waals surface area contributed by atoms with Crippen LogP contribution in [-0.4, -0.2) is 39.8 Å². The molecular weight excluding hydrogens is 332 g/mol. The van der Waals surface area contributed by atoms with Crippen LogP contribution in [-0.2, 0) is 20.5 Å². The summed E-state index contributed by atoms with van der Waals surface area (Å²) >= 11 is 0. The number of rotatable bonds is 8. The van der Waals surface area contributed by atoms with Crippen LogP contribution in [0.25, 0.3) is 0 Å². The highest BCUT2D eigenvalue weighted by atomic mass is 16.5. The SMILES string of the molecule is CC(C)N(CCOc1ccc(N)cc1)CCc1cc(=O)n(C)c(=O)n1C. The molecule has 0 aliphatic rings. The van der Waals surface area contributed by atoms with Gasteiger partial charge in [0, 0.05) is 57.1 Å². The van der Waals surface area contributed by atoms with Crippen molar-refractivity contribution >= 4 is 5.69 Å². The van der Waals surface area contributed by atoms with Crippen molar-refractivity contribution in [1.82, 2.24) is 14.0 Å². The first-order chi connectivity index (χ1) is 12.3. The molecule has 1 aromatic heterocycles. The average molecular weight is 360 g/mol. The van der Waals surface area contributed by atoms with Gasteiger partial charge in [0.2, 0.25) is 0 Å². The number of nitrogens with two attached hydrogens (primary N) is 1. The van der Waals surface area contributed by atoms with E-state index < -0.39 is 0 Å². The predicted octanol–water partition coefficient (Wildman–Crippen LogP) is 0.998. The minimum atomic E-state index is -0.296. The lowest BCUT2D eigenvalue weighted by Crippen LogP contribution is -2.40. The quantitative estimate of drug-likeness (QED) is 0.710. The van der Waals surface area contributed by atoms with Gasteiger partial charge in [0.25, 0.3) is 5.56 Å². The van der Waals surface area contributed by atoms with Crippen LogP contribution in [0.4, 0.5) is 5.69 Å². The van der Waals surface area contributed by atoms with Gasteiger partial charge in [0.1, 0.15) is 12.4 Å². The number of benzene rings is 1. The first kappa shape index (κ1) is 19.8. The summed E-state index contributed by atoms with van der Waals surface area (Å²) in [6, 6.07) is 9.19. The first-order valence-electron chi connectivity index (χ1n) is 8.78. The third-order valence-corrected chi connectivity index (χ3v) is 4.54. The molecule has 0 aliphatic carbocycles. The average Bonchev–Trinajstić information content (AvgIpc) is 2.61. The zero-order chi connectivity index (χ0) is 19.3. The minimum Gasteiger partial charge on any atom is -0.492 e.